The number of aromatic nitrogens is 3. The molecule has 0 aliphatic carbocycles. The molecule has 2 atom stereocenters. The van der Waals surface area contributed by atoms with Gasteiger partial charge in [-0.1, -0.05) is 13.0 Å². The molecule has 4 heterocycles. The number of primary amides is 1. The van der Waals surface area contributed by atoms with Crippen molar-refractivity contribution >= 4 is 28.3 Å². The van der Waals surface area contributed by atoms with Gasteiger partial charge in [-0.15, -0.1) is 0 Å². The number of aromatic amines is 1. The molecule has 2 aliphatic rings. The van der Waals surface area contributed by atoms with Crippen LogP contribution in [0.4, 0.5) is 19.0 Å². The number of H-pyrrole nitrogens is 1. The molecule has 0 radical (unpaired) electrons. The van der Waals surface area contributed by atoms with E-state index >= 15 is 0 Å². The van der Waals surface area contributed by atoms with Crippen LogP contribution in [0.3, 0.4) is 0 Å². The number of thiol groups is 1. The monoisotopic (exact) mass is 638 g/mol. The summed E-state index contributed by atoms with van der Waals surface area (Å²) in [6.07, 6.45) is 2.00. The Labute approximate surface area is 257 Å². The van der Waals surface area contributed by atoms with Crippen molar-refractivity contribution in [3.8, 4) is 0 Å². The third kappa shape index (κ3) is 7.27. The zero-order valence-corrected chi connectivity index (χ0v) is 26.8. The van der Waals surface area contributed by atoms with Crippen LogP contribution in [0.25, 0.3) is 0 Å². The van der Waals surface area contributed by atoms with Gasteiger partial charge in [0, 0.05) is 17.8 Å². The molecule has 2 aliphatic heterocycles. The molecule has 0 spiro atoms. The fourth-order valence-corrected chi connectivity index (χ4v) is 6.68. The Morgan fingerprint density at radius 3 is 2.55 bits per heavy atom. The first-order chi connectivity index (χ1) is 20.3. The number of nitrogens with two attached hydrogens (primary N) is 1. The van der Waals surface area contributed by atoms with Crippen LogP contribution >= 0.6 is 0 Å². The highest BCUT2D eigenvalue weighted by Crippen LogP contribution is 2.46. The molecule has 2 aromatic heterocycles. The van der Waals surface area contributed by atoms with Crippen molar-refractivity contribution < 1.29 is 31.1 Å². The number of alkyl halides is 3. The number of aliphatic imine (C=N–C) groups is 1. The number of carbonyl (C=O) groups excluding carboxylic acids is 1. The lowest BCUT2D eigenvalue weighted by molar-refractivity contribution is -0.220. The SMILES string of the molecule is Cc1n[nH]c(CC[C@]2(C)CN(c3nc(CCC4C=CC(OCC(C)(C)C(F)(F)F)=N4)ccc3C(N)=O)C(C)(C)C2)c1[SH](=O)=O. The number of aryl methyl sites for hydroxylation is 3. The molecule has 4 rings (SSSR count). The third-order valence-corrected chi connectivity index (χ3v) is 9.49. The zero-order valence-electron chi connectivity index (χ0n) is 25.9. The first-order valence-electron chi connectivity index (χ1n) is 14.5. The van der Waals surface area contributed by atoms with Crippen LogP contribution in [-0.4, -0.2) is 66.3 Å². The van der Waals surface area contributed by atoms with Crippen LogP contribution in [0.1, 0.15) is 81.3 Å². The van der Waals surface area contributed by atoms with Gasteiger partial charge in [-0.25, -0.2) is 18.4 Å². The standard InChI is InChI=1S/C30H41F3N6O4S/c1-18-24(44(41)42)22(38-37-18)13-14-29(6)15-28(4,5)39(16-29)26-21(25(34)40)11-9-20(36-26)8-7-19-10-12-23(35-19)43-17-27(2,3)30(31,32)33/h9-12,19,44H,7-8,13-17H2,1-6H3,(H2,34,40)(H,37,38)/t19?,29-/m0/s1. The summed E-state index contributed by atoms with van der Waals surface area (Å²) in [6.45, 7) is 10.2. The minimum Gasteiger partial charge on any atom is -0.477 e. The van der Waals surface area contributed by atoms with Gasteiger partial charge in [-0.05, 0) is 90.3 Å². The number of anilines is 1. The number of rotatable bonds is 11. The van der Waals surface area contributed by atoms with E-state index < -0.39 is 34.8 Å². The van der Waals surface area contributed by atoms with Crippen LogP contribution in [-0.2, 0) is 28.3 Å². The Morgan fingerprint density at radius 1 is 1.20 bits per heavy atom. The second-order valence-corrected chi connectivity index (χ2v) is 14.4. The summed E-state index contributed by atoms with van der Waals surface area (Å²) in [5.41, 5.74) is 5.24. The van der Waals surface area contributed by atoms with Gasteiger partial charge < -0.3 is 15.4 Å². The van der Waals surface area contributed by atoms with E-state index in [0.717, 1.165) is 26.0 Å². The summed E-state index contributed by atoms with van der Waals surface area (Å²) in [5.74, 6) is 0.0724. The van der Waals surface area contributed by atoms with E-state index in [1.807, 2.05) is 0 Å². The predicted molar refractivity (Wildman–Crippen MR) is 162 cm³/mol. The number of hydrogen-bond donors (Lipinski definition) is 3. The maximum atomic E-state index is 13.2. The van der Waals surface area contributed by atoms with Crippen LogP contribution in [0.15, 0.2) is 34.2 Å². The van der Waals surface area contributed by atoms with Gasteiger partial charge >= 0.3 is 6.18 Å². The molecule has 0 saturated carbocycles. The minimum absolute atomic E-state index is 0.169. The Morgan fingerprint density at radius 2 is 1.91 bits per heavy atom. The van der Waals surface area contributed by atoms with Gasteiger partial charge in [0.1, 0.15) is 17.3 Å². The molecule has 242 valence electrons. The van der Waals surface area contributed by atoms with E-state index in [-0.39, 0.29) is 27.8 Å². The number of carbonyl (C=O) groups is 1. The second kappa shape index (κ2) is 12.2. The van der Waals surface area contributed by atoms with E-state index in [9.17, 15) is 26.4 Å². The largest absolute Gasteiger partial charge is 0.477 e. The molecule has 1 fully saturated rings. The molecule has 0 bridgehead atoms. The highest BCUT2D eigenvalue weighted by atomic mass is 32.2. The van der Waals surface area contributed by atoms with Gasteiger partial charge in [0.2, 0.25) is 5.90 Å². The lowest BCUT2D eigenvalue weighted by Gasteiger charge is -2.33. The second-order valence-electron chi connectivity index (χ2n) is 13.4. The Bertz CT molecular complexity index is 1540. The number of hydrogen-bond acceptors (Lipinski definition) is 8. The summed E-state index contributed by atoms with van der Waals surface area (Å²) >= 11 is 0. The number of nitrogens with zero attached hydrogens (tertiary/aromatic N) is 4. The highest BCUT2D eigenvalue weighted by molar-refractivity contribution is 7.72. The minimum atomic E-state index is -4.39. The molecule has 10 nitrogen and oxygen atoms in total. The summed E-state index contributed by atoms with van der Waals surface area (Å²) in [4.78, 5) is 24.1. The lowest BCUT2D eigenvalue weighted by Crippen LogP contribution is -2.40. The smallest absolute Gasteiger partial charge is 0.397 e. The Hall–Kier alpha value is -3.42. The van der Waals surface area contributed by atoms with Crippen molar-refractivity contribution in [1.29, 1.82) is 0 Å². The van der Waals surface area contributed by atoms with Gasteiger partial charge in [-0.2, -0.15) is 18.3 Å². The molecule has 1 amide bonds. The van der Waals surface area contributed by atoms with Crippen molar-refractivity contribution in [3.05, 3.63) is 46.9 Å². The maximum Gasteiger partial charge on any atom is 0.397 e. The molecule has 14 heteroatoms. The number of nitrogens with one attached hydrogen (secondary N) is 1. The number of pyridine rings is 1. The van der Waals surface area contributed by atoms with Gasteiger partial charge in [0.15, 0.2) is 10.7 Å². The van der Waals surface area contributed by atoms with Crippen molar-refractivity contribution in [3.63, 3.8) is 0 Å². The molecular weight excluding hydrogens is 597 g/mol. The van der Waals surface area contributed by atoms with Crippen molar-refractivity contribution in [2.24, 2.45) is 21.6 Å². The van der Waals surface area contributed by atoms with Crippen molar-refractivity contribution in [1.82, 2.24) is 15.2 Å². The van der Waals surface area contributed by atoms with E-state index in [1.165, 1.54) is 0 Å². The first kappa shape index (κ1) is 33.5. The summed E-state index contributed by atoms with van der Waals surface area (Å²) in [5, 5.41) is 6.94. The highest BCUT2D eigenvalue weighted by Gasteiger charge is 2.48. The van der Waals surface area contributed by atoms with Gasteiger partial charge in [-0.3, -0.25) is 9.89 Å². The van der Waals surface area contributed by atoms with E-state index in [0.29, 0.717) is 55.0 Å². The van der Waals surface area contributed by atoms with Gasteiger partial charge in [0.25, 0.3) is 5.91 Å². The summed E-state index contributed by atoms with van der Waals surface area (Å²) in [7, 11) is -2.77. The molecule has 0 aromatic carbocycles. The van der Waals surface area contributed by atoms with E-state index in [2.05, 4.69) is 40.9 Å². The predicted octanol–water partition coefficient (Wildman–Crippen LogP) is 4.68. The quantitative estimate of drug-likeness (QED) is 0.303. The Balaban J connectivity index is 1.46. The molecular formula is C30H41F3N6O4S. The summed E-state index contributed by atoms with van der Waals surface area (Å²) < 4.78 is 68.3. The first-order valence-corrected chi connectivity index (χ1v) is 15.7. The number of halogens is 3. The Kier molecular flexibility index (Phi) is 9.26. The summed E-state index contributed by atoms with van der Waals surface area (Å²) in [6, 6.07) is 3.16. The average molecular weight is 639 g/mol. The fourth-order valence-electron chi connectivity index (χ4n) is 5.99. The zero-order chi connectivity index (χ0) is 32.7. The van der Waals surface area contributed by atoms with E-state index in [1.54, 1.807) is 31.2 Å². The molecule has 3 N–H and O–H groups in total. The van der Waals surface area contributed by atoms with Crippen LogP contribution in [0, 0.1) is 17.8 Å². The maximum absolute atomic E-state index is 13.2. The van der Waals surface area contributed by atoms with Crippen molar-refractivity contribution in [2.45, 2.75) is 96.3 Å². The van der Waals surface area contributed by atoms with Crippen LogP contribution in [0.5, 0.6) is 0 Å². The average Bonchev–Trinajstić information content (AvgIpc) is 3.59. The molecule has 1 unspecified atom stereocenters. The van der Waals surface area contributed by atoms with Crippen LogP contribution in [0.2, 0.25) is 0 Å². The number of amides is 1. The molecule has 44 heavy (non-hydrogen) atoms. The molecule has 2 aromatic rings. The fraction of sp³-hybridized carbons (Fsp3) is 0.600. The third-order valence-electron chi connectivity index (χ3n) is 8.53. The lowest BCUT2D eigenvalue weighted by atomic mass is 9.80. The molecule has 1 saturated heterocycles. The van der Waals surface area contributed by atoms with E-state index in [4.69, 9.17) is 15.5 Å². The normalized spacial score (nSPS) is 21.7. The van der Waals surface area contributed by atoms with Crippen LogP contribution < -0.4 is 10.6 Å². The topological polar surface area (TPSA) is 144 Å². The van der Waals surface area contributed by atoms with Crippen molar-refractivity contribution in [2.75, 3.05) is 18.1 Å². The van der Waals surface area contributed by atoms with Gasteiger partial charge in [0.05, 0.1) is 28.4 Å². The number of ether oxygens (including phenoxy) is 1.